The molecule has 6 nitrogen and oxygen atoms in total. The number of fused-ring (bicyclic) bond motifs is 2. The smallest absolute Gasteiger partial charge is 0.209 e. The van der Waals surface area contributed by atoms with Crippen molar-refractivity contribution in [3.05, 3.63) is 93.7 Å². The maximum Gasteiger partial charge on any atom is 0.209 e. The standard InChI is InChI=1S/C39H53FN4O2/c1-26-14-16-32-30(22-26)38(2,3)34(41(32)18-12-20-43(6,7)8)24-28-36(45)29(37(28)46)25-35-39(4,5)31-23-27(40)15-17-33(31)42(35)19-13-21-44(9,10)11/h14-17,22-25H,12-13,18-21H2,1-11H3/q+2/p+1. The Bertz CT molecular complexity index is 1710. The number of quaternary nitrogens is 2. The third-order valence-corrected chi connectivity index (χ3v) is 9.88. The lowest BCUT2D eigenvalue weighted by molar-refractivity contribution is -0.871. The van der Waals surface area contributed by atoms with Crippen molar-refractivity contribution in [3.8, 4) is 0 Å². The summed E-state index contributed by atoms with van der Waals surface area (Å²) in [5.74, 6) is -0.399. The molecule has 0 spiro atoms. The van der Waals surface area contributed by atoms with Crippen LogP contribution in [0.5, 0.6) is 0 Å². The SMILES string of the molecule is Cc1ccc2c(c1)C(C)(C)/C(=C/C1=C(O)C(=C/C3=[N+](CCC[N+](C)(C)C)c4ccc(F)cc4C3(C)C)/C1=O)N2CCC[N+](C)(C)C. The predicted molar refractivity (Wildman–Crippen MR) is 187 cm³/mol. The molecule has 0 atom stereocenters. The maximum atomic E-state index is 14.5. The van der Waals surface area contributed by atoms with Gasteiger partial charge in [0.1, 0.15) is 11.6 Å². The fraction of sp³-hybridized carbons (Fsp3) is 0.487. The topological polar surface area (TPSA) is 43.6 Å². The molecule has 0 fully saturated rings. The first-order valence-corrected chi connectivity index (χ1v) is 16.6. The van der Waals surface area contributed by atoms with Crippen LogP contribution in [-0.2, 0) is 15.6 Å². The molecule has 1 N–H and O–H groups in total. The number of aliphatic hydroxyl groups excluding tert-OH is 1. The van der Waals surface area contributed by atoms with Crippen molar-refractivity contribution in [2.45, 2.75) is 58.3 Å². The number of carbonyl (C=O) groups is 1. The molecule has 2 aromatic rings. The van der Waals surface area contributed by atoms with E-state index in [9.17, 15) is 14.3 Å². The van der Waals surface area contributed by atoms with Gasteiger partial charge in [0, 0.05) is 47.5 Å². The predicted octanol–water partition coefficient (Wildman–Crippen LogP) is 6.71. The van der Waals surface area contributed by atoms with Gasteiger partial charge in [-0.15, -0.1) is 0 Å². The quantitative estimate of drug-likeness (QED) is 0.181. The molecule has 2 heterocycles. The maximum absolute atomic E-state index is 14.5. The Kier molecular flexibility index (Phi) is 8.53. The van der Waals surface area contributed by atoms with Crippen LogP contribution in [0.3, 0.4) is 0 Å². The molecule has 0 amide bonds. The summed E-state index contributed by atoms with van der Waals surface area (Å²) in [5, 5.41) is 11.5. The van der Waals surface area contributed by atoms with Crippen LogP contribution in [0.2, 0.25) is 0 Å². The van der Waals surface area contributed by atoms with E-state index in [0.717, 1.165) is 70.6 Å². The van der Waals surface area contributed by atoms with Gasteiger partial charge in [-0.3, -0.25) is 4.79 Å². The number of allylic oxidation sites excluding steroid dienone is 5. The van der Waals surface area contributed by atoms with Gasteiger partial charge in [0.25, 0.3) is 0 Å². The fourth-order valence-electron chi connectivity index (χ4n) is 7.23. The number of carbonyl (C=O) groups excluding carboxylic acids is 1. The van der Waals surface area contributed by atoms with Crippen LogP contribution in [0, 0.1) is 12.7 Å². The largest absolute Gasteiger partial charge is 0.506 e. The van der Waals surface area contributed by atoms with Gasteiger partial charge in [-0.25, -0.2) is 4.39 Å². The summed E-state index contributed by atoms with van der Waals surface area (Å²) in [7, 11) is 13.1. The lowest BCUT2D eigenvalue weighted by Gasteiger charge is -2.30. The van der Waals surface area contributed by atoms with Crippen molar-refractivity contribution >= 4 is 22.9 Å². The molecule has 5 rings (SSSR count). The number of Topliss-reactive ketones (excluding diaryl/α,β-unsaturated/α-hetero) is 1. The van der Waals surface area contributed by atoms with Crippen molar-refractivity contribution in [3.63, 3.8) is 0 Å². The summed E-state index contributed by atoms with van der Waals surface area (Å²) in [6.07, 6.45) is 5.69. The molecule has 7 heteroatoms. The van der Waals surface area contributed by atoms with Crippen molar-refractivity contribution in [1.29, 1.82) is 0 Å². The number of ketones is 1. The Balaban J connectivity index is 1.55. The molecule has 0 saturated carbocycles. The zero-order valence-corrected chi connectivity index (χ0v) is 29.9. The molecule has 0 bridgehead atoms. The molecule has 0 saturated heterocycles. The van der Waals surface area contributed by atoms with Crippen molar-refractivity contribution in [2.24, 2.45) is 0 Å². The highest BCUT2D eigenvalue weighted by molar-refractivity contribution is 6.24. The van der Waals surface area contributed by atoms with E-state index in [1.54, 1.807) is 6.07 Å². The van der Waals surface area contributed by atoms with Crippen LogP contribution in [0.25, 0.3) is 0 Å². The second-order valence-electron chi connectivity index (χ2n) is 16.5. The van der Waals surface area contributed by atoms with Gasteiger partial charge in [0.15, 0.2) is 12.3 Å². The van der Waals surface area contributed by atoms with Gasteiger partial charge in [-0.2, -0.15) is 4.58 Å². The highest BCUT2D eigenvalue weighted by Gasteiger charge is 2.47. The zero-order chi connectivity index (χ0) is 34.0. The second kappa shape index (κ2) is 11.6. The molecule has 0 unspecified atom stereocenters. The minimum Gasteiger partial charge on any atom is -0.506 e. The average molecular weight is 630 g/mol. The van der Waals surface area contributed by atoms with Gasteiger partial charge in [0.05, 0.1) is 78.4 Å². The van der Waals surface area contributed by atoms with E-state index < -0.39 is 5.41 Å². The van der Waals surface area contributed by atoms with Gasteiger partial charge in [-0.05, 0) is 50.6 Å². The molecular weight excluding hydrogens is 575 g/mol. The van der Waals surface area contributed by atoms with E-state index in [1.807, 2.05) is 18.2 Å². The van der Waals surface area contributed by atoms with Crippen LogP contribution in [0.4, 0.5) is 15.8 Å². The van der Waals surface area contributed by atoms with E-state index in [0.29, 0.717) is 11.1 Å². The fourth-order valence-corrected chi connectivity index (χ4v) is 7.23. The number of nitrogens with zero attached hydrogens (tertiary/aromatic N) is 4. The summed E-state index contributed by atoms with van der Waals surface area (Å²) in [5.41, 5.74) is 7.21. The zero-order valence-electron chi connectivity index (χ0n) is 29.9. The Morgan fingerprint density at radius 2 is 1.52 bits per heavy atom. The highest BCUT2D eigenvalue weighted by Crippen LogP contribution is 2.49. The molecule has 0 aromatic heterocycles. The lowest BCUT2D eigenvalue weighted by atomic mass is 9.77. The van der Waals surface area contributed by atoms with Crippen molar-refractivity contribution < 1.29 is 27.8 Å². The summed E-state index contributed by atoms with van der Waals surface area (Å²) >= 11 is 0. The number of anilines is 1. The van der Waals surface area contributed by atoms with Gasteiger partial charge in [-0.1, -0.05) is 31.5 Å². The van der Waals surface area contributed by atoms with Crippen molar-refractivity contribution in [1.82, 2.24) is 0 Å². The number of benzene rings is 2. The van der Waals surface area contributed by atoms with Crippen molar-refractivity contribution in [2.75, 3.05) is 73.4 Å². The van der Waals surface area contributed by atoms with E-state index >= 15 is 0 Å². The van der Waals surface area contributed by atoms with E-state index in [4.69, 9.17) is 0 Å². The highest BCUT2D eigenvalue weighted by atomic mass is 19.1. The molecule has 2 aromatic carbocycles. The van der Waals surface area contributed by atoms with Crippen LogP contribution in [0.15, 0.2) is 71.2 Å². The molecular formula is C39H54FN4O2+3. The summed E-state index contributed by atoms with van der Waals surface area (Å²) in [6.45, 7) is 14.2. The first kappa shape index (κ1) is 33.8. The monoisotopic (exact) mass is 629 g/mol. The minimum atomic E-state index is -0.537. The molecule has 3 aliphatic rings. The Morgan fingerprint density at radius 1 is 0.870 bits per heavy atom. The second-order valence-corrected chi connectivity index (χ2v) is 16.5. The molecule has 246 valence electrons. The van der Waals surface area contributed by atoms with Gasteiger partial charge >= 0.3 is 0 Å². The number of halogens is 1. The lowest BCUT2D eigenvalue weighted by Crippen LogP contribution is -2.37. The number of hydrogen-bond donors (Lipinski definition) is 1. The van der Waals surface area contributed by atoms with Crippen LogP contribution in [-0.4, -0.2) is 98.6 Å². The molecule has 1 aliphatic carbocycles. The summed E-state index contributed by atoms with van der Waals surface area (Å²) < 4.78 is 18.4. The van der Waals surface area contributed by atoms with Crippen LogP contribution in [0.1, 0.15) is 57.2 Å². The first-order chi connectivity index (χ1) is 21.2. The number of rotatable bonds is 10. The van der Waals surface area contributed by atoms with Crippen LogP contribution >= 0.6 is 0 Å². The number of hydrogen-bond acceptors (Lipinski definition) is 3. The van der Waals surface area contributed by atoms with E-state index in [1.165, 1.54) is 22.9 Å². The van der Waals surface area contributed by atoms with Gasteiger partial charge in [0.2, 0.25) is 11.5 Å². The first-order valence-electron chi connectivity index (χ1n) is 16.6. The third-order valence-electron chi connectivity index (χ3n) is 9.88. The normalized spacial score (nSPS) is 20.6. The Labute approximate surface area is 275 Å². The Hall–Kier alpha value is -3.55. The third kappa shape index (κ3) is 6.24. The minimum absolute atomic E-state index is 0.0310. The number of aryl methyl sites for hydroxylation is 1. The number of aliphatic hydroxyl groups is 1. The molecule has 46 heavy (non-hydrogen) atoms. The molecule has 0 radical (unpaired) electrons. The van der Waals surface area contributed by atoms with Crippen LogP contribution < -0.4 is 4.90 Å². The van der Waals surface area contributed by atoms with E-state index in [-0.39, 0.29) is 22.8 Å². The van der Waals surface area contributed by atoms with Gasteiger partial charge < -0.3 is 19.0 Å². The Morgan fingerprint density at radius 3 is 2.15 bits per heavy atom. The van der Waals surface area contributed by atoms with E-state index in [2.05, 4.69) is 105 Å². The average Bonchev–Trinajstić information content (AvgIpc) is 3.26. The summed E-state index contributed by atoms with van der Waals surface area (Å²) in [4.78, 5) is 16.2. The molecule has 2 aliphatic heterocycles. The summed E-state index contributed by atoms with van der Waals surface area (Å²) in [6, 6.07) is 11.5.